The highest BCUT2D eigenvalue weighted by atomic mass is 32.2. The average molecular weight is 290 g/mol. The van der Waals surface area contributed by atoms with Crippen LogP contribution in [0, 0.1) is 0 Å². The number of aliphatic hydroxyl groups is 1. The maximum absolute atomic E-state index is 12.2. The van der Waals surface area contributed by atoms with Crippen LogP contribution in [0.5, 0.6) is 0 Å². The van der Waals surface area contributed by atoms with Crippen molar-refractivity contribution in [2.75, 3.05) is 13.7 Å². The van der Waals surface area contributed by atoms with Gasteiger partial charge in [-0.3, -0.25) is 0 Å². The van der Waals surface area contributed by atoms with Gasteiger partial charge in [-0.2, -0.15) is 0 Å². The average Bonchev–Trinajstić information content (AvgIpc) is 2.73. The predicted molar refractivity (Wildman–Crippen MR) is 72.4 cm³/mol. The molecule has 0 fully saturated rings. The minimum Gasteiger partial charge on any atom is -0.390 e. The van der Waals surface area contributed by atoms with E-state index in [2.05, 4.69) is 4.72 Å². The standard InChI is InChI=1S/C12H22N2O4S/c1-9(2)14-6-12(5-11(14)7-15)19(16,17)13-10(3)8-18-4/h5-6,9-10,13,15H,7-8H2,1-4H3. The molecule has 0 aliphatic carbocycles. The zero-order valence-electron chi connectivity index (χ0n) is 11.8. The predicted octanol–water partition coefficient (Wildman–Crippen LogP) is 0.874. The normalized spacial score (nSPS) is 14.0. The lowest BCUT2D eigenvalue weighted by Gasteiger charge is -2.12. The molecule has 0 amide bonds. The van der Waals surface area contributed by atoms with E-state index in [1.54, 1.807) is 11.5 Å². The van der Waals surface area contributed by atoms with Crippen LogP contribution in [-0.4, -0.2) is 37.8 Å². The summed E-state index contributed by atoms with van der Waals surface area (Å²) in [4.78, 5) is 0.160. The van der Waals surface area contributed by atoms with E-state index in [0.717, 1.165) is 0 Å². The number of sulfonamides is 1. The van der Waals surface area contributed by atoms with Gasteiger partial charge in [-0.05, 0) is 26.8 Å². The quantitative estimate of drug-likeness (QED) is 0.781. The number of nitrogens with one attached hydrogen (secondary N) is 1. The Labute approximate surface area is 114 Å². The lowest BCUT2D eigenvalue weighted by atomic mass is 10.3. The number of rotatable bonds is 7. The third-order valence-electron chi connectivity index (χ3n) is 2.71. The van der Waals surface area contributed by atoms with Crippen LogP contribution in [0.15, 0.2) is 17.2 Å². The third-order valence-corrected chi connectivity index (χ3v) is 4.27. The summed E-state index contributed by atoms with van der Waals surface area (Å²) in [5.41, 5.74) is 0.578. The minimum atomic E-state index is -3.59. The van der Waals surface area contributed by atoms with Gasteiger partial charge in [0.15, 0.2) is 0 Å². The van der Waals surface area contributed by atoms with Crippen LogP contribution in [0.1, 0.15) is 32.5 Å². The Balaban J connectivity index is 3.02. The van der Waals surface area contributed by atoms with Gasteiger partial charge >= 0.3 is 0 Å². The molecule has 19 heavy (non-hydrogen) atoms. The van der Waals surface area contributed by atoms with Gasteiger partial charge in [-0.25, -0.2) is 13.1 Å². The number of hydrogen-bond acceptors (Lipinski definition) is 4. The highest BCUT2D eigenvalue weighted by Crippen LogP contribution is 2.19. The molecule has 0 bridgehead atoms. The fourth-order valence-corrected chi connectivity index (χ4v) is 3.15. The van der Waals surface area contributed by atoms with Gasteiger partial charge in [-0.1, -0.05) is 0 Å². The first kappa shape index (κ1) is 16.2. The van der Waals surface area contributed by atoms with Crippen molar-refractivity contribution in [2.24, 2.45) is 0 Å². The van der Waals surface area contributed by atoms with Crippen LogP contribution in [0.4, 0.5) is 0 Å². The van der Waals surface area contributed by atoms with E-state index in [9.17, 15) is 13.5 Å². The van der Waals surface area contributed by atoms with Crippen LogP contribution in [0.25, 0.3) is 0 Å². The molecule has 6 nitrogen and oxygen atoms in total. The molecule has 0 saturated carbocycles. The number of nitrogens with zero attached hydrogens (tertiary/aromatic N) is 1. The lowest BCUT2D eigenvalue weighted by molar-refractivity contribution is 0.180. The third kappa shape index (κ3) is 4.04. The van der Waals surface area contributed by atoms with E-state index in [0.29, 0.717) is 12.3 Å². The van der Waals surface area contributed by atoms with Crippen LogP contribution >= 0.6 is 0 Å². The van der Waals surface area contributed by atoms with Crippen molar-refractivity contribution in [2.45, 2.75) is 44.4 Å². The number of ether oxygens (including phenoxy) is 1. The summed E-state index contributed by atoms with van der Waals surface area (Å²) >= 11 is 0. The molecule has 0 aliphatic heterocycles. The monoisotopic (exact) mass is 290 g/mol. The van der Waals surface area contributed by atoms with E-state index < -0.39 is 10.0 Å². The summed E-state index contributed by atoms with van der Waals surface area (Å²) in [5.74, 6) is 0. The molecule has 1 unspecified atom stereocenters. The van der Waals surface area contributed by atoms with Crippen molar-refractivity contribution in [3.8, 4) is 0 Å². The molecule has 1 aromatic rings. The second-order valence-corrected chi connectivity index (χ2v) is 6.52. The molecule has 2 N–H and O–H groups in total. The largest absolute Gasteiger partial charge is 0.390 e. The van der Waals surface area contributed by atoms with Crippen molar-refractivity contribution in [1.82, 2.24) is 9.29 Å². The van der Waals surface area contributed by atoms with Gasteiger partial charge in [0.2, 0.25) is 10.0 Å². The molecular weight excluding hydrogens is 268 g/mol. The molecule has 0 saturated heterocycles. The summed E-state index contributed by atoms with van der Waals surface area (Å²) < 4.78 is 33.5. The first-order chi connectivity index (χ1) is 8.81. The van der Waals surface area contributed by atoms with Gasteiger partial charge < -0.3 is 14.4 Å². The summed E-state index contributed by atoms with van der Waals surface area (Å²) in [6.07, 6.45) is 1.54. The van der Waals surface area contributed by atoms with Gasteiger partial charge in [-0.15, -0.1) is 0 Å². The zero-order chi connectivity index (χ0) is 14.6. The van der Waals surface area contributed by atoms with Crippen molar-refractivity contribution in [3.63, 3.8) is 0 Å². The Morgan fingerprint density at radius 3 is 2.47 bits per heavy atom. The lowest BCUT2D eigenvalue weighted by Crippen LogP contribution is -2.35. The second-order valence-electron chi connectivity index (χ2n) is 4.80. The van der Waals surface area contributed by atoms with Gasteiger partial charge in [0, 0.05) is 31.1 Å². The summed E-state index contributed by atoms with van der Waals surface area (Å²) in [6, 6.07) is 1.26. The van der Waals surface area contributed by atoms with Gasteiger partial charge in [0.1, 0.15) is 0 Å². The summed E-state index contributed by atoms with van der Waals surface area (Å²) in [5, 5.41) is 9.26. The maximum atomic E-state index is 12.2. The fraction of sp³-hybridized carbons (Fsp3) is 0.667. The van der Waals surface area contributed by atoms with Crippen molar-refractivity contribution < 1.29 is 18.3 Å². The Hall–Kier alpha value is -0.890. The van der Waals surface area contributed by atoms with E-state index in [4.69, 9.17) is 4.74 Å². The number of hydrogen-bond donors (Lipinski definition) is 2. The number of aliphatic hydroxyl groups excluding tert-OH is 1. The van der Waals surface area contributed by atoms with Crippen LogP contribution in [0.3, 0.4) is 0 Å². The molecule has 7 heteroatoms. The highest BCUT2D eigenvalue weighted by Gasteiger charge is 2.21. The molecule has 0 radical (unpaired) electrons. The number of methoxy groups -OCH3 is 1. The van der Waals surface area contributed by atoms with Crippen molar-refractivity contribution in [1.29, 1.82) is 0 Å². The molecular formula is C12H22N2O4S. The molecule has 0 aliphatic rings. The summed E-state index contributed by atoms with van der Waals surface area (Å²) in [6.45, 7) is 5.69. The topological polar surface area (TPSA) is 80.6 Å². The molecule has 1 heterocycles. The van der Waals surface area contributed by atoms with Crippen LogP contribution in [-0.2, 0) is 21.4 Å². The van der Waals surface area contributed by atoms with Gasteiger partial charge in [0.25, 0.3) is 0 Å². The van der Waals surface area contributed by atoms with E-state index in [1.165, 1.54) is 19.4 Å². The summed E-state index contributed by atoms with van der Waals surface area (Å²) in [7, 11) is -2.07. The second kappa shape index (κ2) is 6.51. The maximum Gasteiger partial charge on any atom is 0.242 e. The molecule has 1 atom stereocenters. The smallest absolute Gasteiger partial charge is 0.242 e. The molecule has 110 valence electrons. The fourth-order valence-electron chi connectivity index (χ4n) is 1.87. The molecule has 0 aromatic carbocycles. The van der Waals surface area contributed by atoms with Gasteiger partial charge in [0.05, 0.1) is 18.1 Å². The number of aromatic nitrogens is 1. The molecule has 1 rings (SSSR count). The van der Waals surface area contributed by atoms with Crippen molar-refractivity contribution >= 4 is 10.0 Å². The Kier molecular flexibility index (Phi) is 5.54. The van der Waals surface area contributed by atoms with E-state index in [-0.39, 0.29) is 23.6 Å². The Morgan fingerprint density at radius 1 is 1.42 bits per heavy atom. The minimum absolute atomic E-state index is 0.0856. The Morgan fingerprint density at radius 2 is 2.05 bits per heavy atom. The first-order valence-corrected chi connectivity index (χ1v) is 7.63. The van der Waals surface area contributed by atoms with E-state index >= 15 is 0 Å². The SMILES string of the molecule is COCC(C)NS(=O)(=O)c1cc(CO)n(C(C)C)c1. The highest BCUT2D eigenvalue weighted by molar-refractivity contribution is 7.89. The Bertz CT molecular complexity index is 508. The van der Waals surface area contributed by atoms with E-state index in [1.807, 2.05) is 13.8 Å². The van der Waals surface area contributed by atoms with Crippen molar-refractivity contribution in [3.05, 3.63) is 18.0 Å². The molecule has 0 spiro atoms. The van der Waals surface area contributed by atoms with Crippen LogP contribution < -0.4 is 4.72 Å². The first-order valence-electron chi connectivity index (χ1n) is 6.14. The van der Waals surface area contributed by atoms with Crippen LogP contribution in [0.2, 0.25) is 0 Å². The molecule has 1 aromatic heterocycles. The zero-order valence-corrected chi connectivity index (χ0v) is 12.6.